The minimum Gasteiger partial charge on any atom is -0.368 e. The van der Waals surface area contributed by atoms with Crippen LogP contribution in [0.2, 0.25) is 0 Å². The third kappa shape index (κ3) is 5.50. The quantitative estimate of drug-likeness (QED) is 0.223. The van der Waals surface area contributed by atoms with Crippen molar-refractivity contribution in [1.82, 2.24) is 5.32 Å². The number of benzene rings is 5. The van der Waals surface area contributed by atoms with Crippen molar-refractivity contribution in [3.05, 3.63) is 156 Å². The zero-order valence-electron chi connectivity index (χ0n) is 24.2. The van der Waals surface area contributed by atoms with Gasteiger partial charge in [0.25, 0.3) is 11.8 Å². The Morgan fingerprint density at radius 3 is 2.25 bits per heavy atom. The molecular formula is C38H32N4O2. The van der Waals surface area contributed by atoms with Crippen LogP contribution in [0.1, 0.15) is 44.3 Å². The summed E-state index contributed by atoms with van der Waals surface area (Å²) in [5.41, 5.74) is 6.81. The van der Waals surface area contributed by atoms with E-state index >= 15 is 0 Å². The van der Waals surface area contributed by atoms with E-state index in [0.717, 1.165) is 41.1 Å². The van der Waals surface area contributed by atoms with Gasteiger partial charge in [-0.3, -0.25) is 14.6 Å². The fourth-order valence-electron chi connectivity index (χ4n) is 6.17. The first kappa shape index (κ1) is 27.3. The topological polar surface area (TPSA) is 73.8 Å². The summed E-state index contributed by atoms with van der Waals surface area (Å²) in [7, 11) is 0. The minimum atomic E-state index is -0.198. The molecule has 0 saturated heterocycles. The van der Waals surface area contributed by atoms with E-state index in [1.54, 1.807) is 24.3 Å². The Hall–Kier alpha value is -5.49. The molecule has 0 saturated carbocycles. The Bertz CT molecular complexity index is 1830. The fourth-order valence-corrected chi connectivity index (χ4v) is 6.17. The summed E-state index contributed by atoms with van der Waals surface area (Å²) >= 11 is 0. The number of anilines is 2. The Labute approximate surface area is 257 Å². The molecule has 6 nitrogen and oxygen atoms in total. The molecule has 5 aromatic carbocycles. The van der Waals surface area contributed by atoms with Crippen LogP contribution in [0.5, 0.6) is 0 Å². The van der Waals surface area contributed by atoms with E-state index in [1.165, 1.54) is 5.56 Å². The Morgan fingerprint density at radius 2 is 1.45 bits per heavy atom. The summed E-state index contributed by atoms with van der Waals surface area (Å²) in [6, 6.07) is 43.1. The second-order valence-corrected chi connectivity index (χ2v) is 11.2. The second-order valence-electron chi connectivity index (χ2n) is 11.2. The van der Waals surface area contributed by atoms with Crippen molar-refractivity contribution in [2.45, 2.75) is 24.9 Å². The van der Waals surface area contributed by atoms with Gasteiger partial charge in [-0.1, -0.05) is 97.1 Å². The molecular weight excluding hydrogens is 544 g/mol. The first-order valence-corrected chi connectivity index (χ1v) is 15.0. The minimum absolute atomic E-state index is 0.0425. The van der Waals surface area contributed by atoms with Crippen LogP contribution in [-0.2, 0) is 6.42 Å². The van der Waals surface area contributed by atoms with Crippen LogP contribution in [-0.4, -0.2) is 30.2 Å². The molecule has 0 spiro atoms. The van der Waals surface area contributed by atoms with E-state index in [4.69, 9.17) is 4.99 Å². The van der Waals surface area contributed by atoms with Crippen LogP contribution in [0, 0.1) is 0 Å². The van der Waals surface area contributed by atoms with Crippen molar-refractivity contribution in [3.8, 4) is 11.1 Å². The first-order valence-electron chi connectivity index (χ1n) is 15.0. The number of amidine groups is 1. The molecule has 5 aromatic rings. The van der Waals surface area contributed by atoms with E-state index in [2.05, 4.69) is 28.8 Å². The van der Waals surface area contributed by atoms with Crippen molar-refractivity contribution in [2.75, 3.05) is 16.8 Å². The predicted octanol–water partition coefficient (Wildman–Crippen LogP) is 7.31. The van der Waals surface area contributed by atoms with Crippen LogP contribution in [0.25, 0.3) is 11.1 Å². The number of aliphatic imine (C=N–C) groups is 1. The molecule has 0 aromatic heterocycles. The van der Waals surface area contributed by atoms with Gasteiger partial charge < -0.3 is 15.5 Å². The zero-order valence-corrected chi connectivity index (χ0v) is 24.2. The number of nitrogens with one attached hydrogen (secondary N) is 2. The first-order chi connectivity index (χ1) is 21.6. The standard InChI is InChI=1S/C38H32N4O2/c43-37(31-16-8-7-15-30(31)27-13-5-2-6-14-27)39-29-21-19-28(20-22-29)38(44)42-24-23-33-36(32-17-9-10-18-34(32)42)41-35(40-33)25-26-11-3-1-4-12-26/h1-22,33,36H,23-25H2,(H,39,43)(H,40,41). The molecule has 0 radical (unpaired) electrons. The lowest BCUT2D eigenvalue weighted by Gasteiger charge is -2.23. The SMILES string of the molecule is O=C(Nc1ccc(C(=O)N2CCC3NC(Cc4ccccc4)=NC3c3ccccc32)cc1)c1ccccc1-c1ccccc1. The highest BCUT2D eigenvalue weighted by molar-refractivity contribution is 6.10. The summed E-state index contributed by atoms with van der Waals surface area (Å²) in [4.78, 5) is 34.1. The molecule has 7 rings (SSSR count). The zero-order chi connectivity index (χ0) is 29.9. The summed E-state index contributed by atoms with van der Waals surface area (Å²) in [6.07, 6.45) is 1.54. The molecule has 0 aliphatic carbocycles. The third-order valence-corrected chi connectivity index (χ3v) is 8.34. The summed E-state index contributed by atoms with van der Waals surface area (Å²) < 4.78 is 0. The number of carbonyl (C=O) groups is 2. The molecule has 2 unspecified atom stereocenters. The molecule has 2 N–H and O–H groups in total. The largest absolute Gasteiger partial charge is 0.368 e. The van der Waals surface area contributed by atoms with Crippen LogP contribution >= 0.6 is 0 Å². The third-order valence-electron chi connectivity index (χ3n) is 8.34. The van der Waals surface area contributed by atoms with Gasteiger partial charge in [0, 0.05) is 41.0 Å². The van der Waals surface area contributed by atoms with Gasteiger partial charge in [0.05, 0.1) is 12.1 Å². The number of para-hydroxylation sites is 1. The van der Waals surface area contributed by atoms with Crippen molar-refractivity contribution >= 4 is 29.0 Å². The Kier molecular flexibility index (Phi) is 7.47. The van der Waals surface area contributed by atoms with Gasteiger partial charge >= 0.3 is 0 Å². The lowest BCUT2D eigenvalue weighted by molar-refractivity contribution is 0.0985. The summed E-state index contributed by atoms with van der Waals surface area (Å²) in [5, 5.41) is 6.65. The predicted molar refractivity (Wildman–Crippen MR) is 176 cm³/mol. The van der Waals surface area contributed by atoms with Gasteiger partial charge in [-0.25, -0.2) is 0 Å². The highest BCUT2D eigenvalue weighted by Crippen LogP contribution is 2.38. The number of amides is 2. The van der Waals surface area contributed by atoms with Crippen molar-refractivity contribution in [3.63, 3.8) is 0 Å². The summed E-state index contributed by atoms with van der Waals surface area (Å²) in [5.74, 6) is 0.722. The molecule has 216 valence electrons. The number of rotatable bonds is 6. The van der Waals surface area contributed by atoms with E-state index in [-0.39, 0.29) is 23.9 Å². The normalized spacial score (nSPS) is 17.0. The monoisotopic (exact) mass is 576 g/mol. The fraction of sp³-hybridized carbons (Fsp3) is 0.132. The number of hydrogen-bond acceptors (Lipinski definition) is 4. The number of nitrogens with zero attached hydrogens (tertiary/aromatic N) is 2. The van der Waals surface area contributed by atoms with Crippen molar-refractivity contribution in [1.29, 1.82) is 0 Å². The van der Waals surface area contributed by atoms with Crippen LogP contribution in [0.4, 0.5) is 11.4 Å². The molecule has 6 heteroatoms. The maximum Gasteiger partial charge on any atom is 0.258 e. The molecule has 2 aliphatic rings. The van der Waals surface area contributed by atoms with Gasteiger partial charge in [-0.2, -0.15) is 0 Å². The molecule has 0 fully saturated rings. The molecule has 2 heterocycles. The average Bonchev–Trinajstić information content (AvgIpc) is 3.41. The van der Waals surface area contributed by atoms with E-state index in [0.29, 0.717) is 23.4 Å². The number of fused-ring (bicyclic) bond motifs is 3. The van der Waals surface area contributed by atoms with Gasteiger partial charge in [-0.15, -0.1) is 0 Å². The van der Waals surface area contributed by atoms with E-state index in [1.807, 2.05) is 95.9 Å². The van der Waals surface area contributed by atoms with Crippen molar-refractivity contribution < 1.29 is 9.59 Å². The van der Waals surface area contributed by atoms with Gasteiger partial charge in [0.1, 0.15) is 5.84 Å². The van der Waals surface area contributed by atoms with Gasteiger partial charge in [-0.05, 0) is 59.5 Å². The second kappa shape index (κ2) is 12.0. The Morgan fingerprint density at radius 1 is 0.773 bits per heavy atom. The number of hydrogen-bond donors (Lipinski definition) is 2. The van der Waals surface area contributed by atoms with Crippen molar-refractivity contribution in [2.24, 2.45) is 4.99 Å². The molecule has 0 bridgehead atoms. The van der Waals surface area contributed by atoms with Gasteiger partial charge in [0.2, 0.25) is 0 Å². The molecule has 2 amide bonds. The molecule has 2 atom stereocenters. The van der Waals surface area contributed by atoms with Gasteiger partial charge in [0.15, 0.2) is 0 Å². The van der Waals surface area contributed by atoms with E-state index < -0.39 is 0 Å². The highest BCUT2D eigenvalue weighted by atomic mass is 16.2. The van der Waals surface area contributed by atoms with Crippen LogP contribution in [0.15, 0.2) is 138 Å². The molecule has 44 heavy (non-hydrogen) atoms. The van der Waals surface area contributed by atoms with E-state index in [9.17, 15) is 9.59 Å². The Balaban J connectivity index is 1.09. The maximum absolute atomic E-state index is 13.9. The van der Waals surface area contributed by atoms with Crippen LogP contribution < -0.4 is 15.5 Å². The average molecular weight is 577 g/mol. The number of carbonyl (C=O) groups excluding carboxylic acids is 2. The smallest absolute Gasteiger partial charge is 0.258 e. The lowest BCUT2D eigenvalue weighted by Crippen LogP contribution is -2.36. The lowest BCUT2D eigenvalue weighted by atomic mass is 9.99. The molecule has 2 aliphatic heterocycles. The summed E-state index contributed by atoms with van der Waals surface area (Å²) in [6.45, 7) is 0.576. The van der Waals surface area contributed by atoms with Crippen LogP contribution in [0.3, 0.4) is 0 Å². The highest BCUT2D eigenvalue weighted by Gasteiger charge is 2.36. The maximum atomic E-state index is 13.9.